The zero-order valence-electron chi connectivity index (χ0n) is 15.5. The van der Waals surface area contributed by atoms with Gasteiger partial charge in [0, 0.05) is 38.1 Å². The molecule has 26 heavy (non-hydrogen) atoms. The highest BCUT2D eigenvalue weighted by Crippen LogP contribution is 2.49. The summed E-state index contributed by atoms with van der Waals surface area (Å²) >= 11 is 0. The summed E-state index contributed by atoms with van der Waals surface area (Å²) in [5.74, 6) is 0.707. The van der Waals surface area contributed by atoms with Gasteiger partial charge < -0.3 is 15.4 Å². The van der Waals surface area contributed by atoms with Crippen molar-refractivity contribution in [2.75, 3.05) is 52.5 Å². The summed E-state index contributed by atoms with van der Waals surface area (Å²) in [7, 11) is 0. The second kappa shape index (κ2) is 10.4. The number of guanidine groups is 1. The Morgan fingerprint density at radius 1 is 1.23 bits per heavy atom. The molecule has 0 bridgehead atoms. The quantitative estimate of drug-likeness (QED) is 0.361. The summed E-state index contributed by atoms with van der Waals surface area (Å²) in [5.41, 5.74) is 0.695. The molecule has 2 aliphatic rings. The van der Waals surface area contributed by atoms with Crippen LogP contribution >= 0.6 is 24.0 Å². The van der Waals surface area contributed by atoms with E-state index in [0.717, 1.165) is 70.3 Å². The van der Waals surface area contributed by atoms with Gasteiger partial charge in [0.05, 0.1) is 19.8 Å². The Morgan fingerprint density at radius 3 is 2.62 bits per heavy atom. The number of hydrogen-bond donors (Lipinski definition) is 2. The van der Waals surface area contributed by atoms with Crippen LogP contribution in [0.15, 0.2) is 29.3 Å². The van der Waals surface area contributed by atoms with E-state index >= 15 is 0 Å². The highest BCUT2D eigenvalue weighted by atomic mass is 127. The van der Waals surface area contributed by atoms with Gasteiger partial charge in [-0.15, -0.1) is 24.0 Å². The molecule has 0 amide bonds. The lowest BCUT2D eigenvalue weighted by Gasteiger charge is -2.26. The minimum atomic E-state index is -0.113. The highest BCUT2D eigenvalue weighted by molar-refractivity contribution is 14.0. The highest BCUT2D eigenvalue weighted by Gasteiger charge is 2.45. The summed E-state index contributed by atoms with van der Waals surface area (Å²) in [4.78, 5) is 7.12. The second-order valence-corrected chi connectivity index (χ2v) is 6.84. The van der Waals surface area contributed by atoms with E-state index < -0.39 is 0 Å². The third-order valence-electron chi connectivity index (χ3n) is 5.01. The molecular formula is C19H30FIN4O. The lowest BCUT2D eigenvalue weighted by molar-refractivity contribution is 0.0389. The van der Waals surface area contributed by atoms with E-state index in [-0.39, 0.29) is 35.2 Å². The molecule has 2 fully saturated rings. The number of ether oxygens (including phenoxy) is 1. The van der Waals surface area contributed by atoms with Crippen LogP contribution in [-0.2, 0) is 10.2 Å². The van der Waals surface area contributed by atoms with Gasteiger partial charge in [0.1, 0.15) is 5.82 Å². The molecule has 3 rings (SSSR count). The molecule has 7 heteroatoms. The van der Waals surface area contributed by atoms with Crippen molar-refractivity contribution in [1.82, 2.24) is 15.5 Å². The first-order valence-electron chi connectivity index (χ1n) is 9.31. The van der Waals surface area contributed by atoms with Crippen molar-refractivity contribution in [3.8, 4) is 0 Å². The first-order valence-corrected chi connectivity index (χ1v) is 9.31. The van der Waals surface area contributed by atoms with Crippen LogP contribution in [0.4, 0.5) is 4.39 Å². The Bertz CT molecular complexity index is 589. The van der Waals surface area contributed by atoms with Gasteiger partial charge in [0.25, 0.3) is 0 Å². The zero-order valence-corrected chi connectivity index (χ0v) is 17.8. The third-order valence-corrected chi connectivity index (χ3v) is 5.01. The number of morpholine rings is 1. The number of rotatable bonds is 7. The number of nitrogens with zero attached hydrogens (tertiary/aromatic N) is 2. The Balaban J connectivity index is 0.00000243. The SMILES string of the molecule is CCNC(=NCC1(c2ccccc2F)CC1)NCCN1CCOCC1.I. The molecule has 1 aliphatic carbocycles. The summed E-state index contributed by atoms with van der Waals surface area (Å²) in [6, 6.07) is 7.10. The maximum Gasteiger partial charge on any atom is 0.191 e. The normalized spacial score (nSPS) is 19.5. The van der Waals surface area contributed by atoms with Crippen molar-refractivity contribution in [3.05, 3.63) is 35.6 Å². The molecule has 1 heterocycles. The van der Waals surface area contributed by atoms with Crippen LogP contribution in [0, 0.1) is 5.82 Å². The van der Waals surface area contributed by atoms with Crippen LogP contribution in [0.1, 0.15) is 25.3 Å². The molecular weight excluding hydrogens is 446 g/mol. The molecule has 0 spiro atoms. The van der Waals surface area contributed by atoms with Crippen LogP contribution in [0.3, 0.4) is 0 Å². The maximum atomic E-state index is 14.1. The predicted octanol–water partition coefficient (Wildman–Crippen LogP) is 2.36. The van der Waals surface area contributed by atoms with Crippen molar-refractivity contribution in [2.45, 2.75) is 25.2 Å². The van der Waals surface area contributed by atoms with Crippen LogP contribution in [-0.4, -0.2) is 63.3 Å². The molecule has 1 saturated carbocycles. The van der Waals surface area contributed by atoms with E-state index in [1.807, 2.05) is 12.1 Å². The van der Waals surface area contributed by atoms with Gasteiger partial charge in [-0.05, 0) is 31.4 Å². The average Bonchev–Trinajstić information content (AvgIpc) is 3.42. The van der Waals surface area contributed by atoms with Crippen molar-refractivity contribution < 1.29 is 9.13 Å². The van der Waals surface area contributed by atoms with Gasteiger partial charge in [-0.1, -0.05) is 18.2 Å². The average molecular weight is 476 g/mol. The van der Waals surface area contributed by atoms with Crippen LogP contribution < -0.4 is 10.6 Å². The van der Waals surface area contributed by atoms with Gasteiger partial charge in [0.2, 0.25) is 0 Å². The Kier molecular flexibility index (Phi) is 8.56. The molecule has 2 N–H and O–H groups in total. The smallest absolute Gasteiger partial charge is 0.191 e. The van der Waals surface area contributed by atoms with Gasteiger partial charge in [-0.2, -0.15) is 0 Å². The van der Waals surface area contributed by atoms with Crippen LogP contribution in [0.25, 0.3) is 0 Å². The second-order valence-electron chi connectivity index (χ2n) is 6.84. The summed E-state index contributed by atoms with van der Waals surface area (Å²) in [6.07, 6.45) is 2.01. The number of hydrogen-bond acceptors (Lipinski definition) is 3. The first kappa shape index (κ1) is 21.4. The van der Waals surface area contributed by atoms with E-state index in [9.17, 15) is 4.39 Å². The molecule has 0 aromatic heterocycles. The molecule has 0 radical (unpaired) electrons. The van der Waals surface area contributed by atoms with Crippen LogP contribution in [0.5, 0.6) is 0 Å². The predicted molar refractivity (Wildman–Crippen MR) is 114 cm³/mol. The fourth-order valence-corrected chi connectivity index (χ4v) is 3.28. The lowest BCUT2D eigenvalue weighted by Crippen LogP contribution is -2.44. The molecule has 0 unspecified atom stereocenters. The first-order chi connectivity index (χ1) is 12.2. The minimum Gasteiger partial charge on any atom is -0.379 e. The summed E-state index contributed by atoms with van der Waals surface area (Å²) in [6.45, 7) is 8.95. The molecule has 146 valence electrons. The van der Waals surface area contributed by atoms with Crippen molar-refractivity contribution in [1.29, 1.82) is 0 Å². The van der Waals surface area contributed by atoms with Crippen molar-refractivity contribution in [3.63, 3.8) is 0 Å². The van der Waals surface area contributed by atoms with E-state index in [0.29, 0.717) is 6.54 Å². The van der Waals surface area contributed by atoms with E-state index in [4.69, 9.17) is 9.73 Å². The summed E-state index contributed by atoms with van der Waals surface area (Å²) < 4.78 is 19.5. The number of aliphatic imine (C=N–C) groups is 1. The van der Waals surface area contributed by atoms with Crippen molar-refractivity contribution >= 4 is 29.9 Å². The molecule has 1 aliphatic heterocycles. The number of nitrogens with one attached hydrogen (secondary N) is 2. The van der Waals surface area contributed by atoms with Gasteiger partial charge in [-0.25, -0.2) is 4.39 Å². The fraction of sp³-hybridized carbons (Fsp3) is 0.632. The molecule has 0 atom stereocenters. The minimum absolute atomic E-state index is 0. The standard InChI is InChI=1S/C19H29FN4O.HI/c1-2-21-18(22-9-10-24-11-13-25-14-12-24)23-15-19(7-8-19)16-5-3-4-6-17(16)20;/h3-6H,2,7-15H2,1H3,(H2,21,22,23);1H. The maximum absolute atomic E-state index is 14.1. The topological polar surface area (TPSA) is 48.9 Å². The third kappa shape index (κ3) is 5.79. The van der Waals surface area contributed by atoms with E-state index in [2.05, 4.69) is 22.5 Å². The van der Waals surface area contributed by atoms with Gasteiger partial charge in [-0.3, -0.25) is 9.89 Å². The Hall–Kier alpha value is -0.930. The summed E-state index contributed by atoms with van der Waals surface area (Å²) in [5, 5.41) is 6.69. The van der Waals surface area contributed by atoms with Gasteiger partial charge in [0.15, 0.2) is 5.96 Å². The zero-order chi connectivity index (χ0) is 17.5. The fourth-order valence-electron chi connectivity index (χ4n) is 3.28. The van der Waals surface area contributed by atoms with E-state index in [1.165, 1.54) is 0 Å². The monoisotopic (exact) mass is 476 g/mol. The molecule has 1 saturated heterocycles. The lowest BCUT2D eigenvalue weighted by atomic mass is 9.95. The molecule has 1 aromatic rings. The molecule has 5 nitrogen and oxygen atoms in total. The number of halogens is 2. The Morgan fingerprint density at radius 2 is 1.96 bits per heavy atom. The van der Waals surface area contributed by atoms with Crippen molar-refractivity contribution in [2.24, 2.45) is 4.99 Å². The van der Waals surface area contributed by atoms with E-state index in [1.54, 1.807) is 12.1 Å². The molecule has 1 aromatic carbocycles. The number of benzene rings is 1. The largest absolute Gasteiger partial charge is 0.379 e. The Labute approximate surface area is 172 Å². The van der Waals surface area contributed by atoms with Gasteiger partial charge >= 0.3 is 0 Å². The van der Waals surface area contributed by atoms with Crippen LogP contribution in [0.2, 0.25) is 0 Å².